The lowest BCUT2D eigenvalue weighted by molar-refractivity contribution is -0.146. The molecule has 0 aliphatic heterocycles. The summed E-state index contributed by atoms with van der Waals surface area (Å²) in [6.45, 7) is 2.29. The van der Waals surface area contributed by atoms with Crippen molar-refractivity contribution in [3.63, 3.8) is 0 Å². The number of carbonyl (C=O) groups excluding carboxylic acids is 2. The van der Waals surface area contributed by atoms with Crippen molar-refractivity contribution in [3.8, 4) is 6.07 Å². The van der Waals surface area contributed by atoms with Gasteiger partial charge in [0.15, 0.2) is 18.3 Å². The molecular weight excluding hydrogens is 390 g/mol. The molecule has 27 heavy (non-hydrogen) atoms. The molecule has 0 saturated heterocycles. The number of aromatic nitrogens is 1. The molecule has 0 fully saturated rings. The van der Waals surface area contributed by atoms with E-state index in [9.17, 15) is 18.0 Å². The van der Waals surface area contributed by atoms with Crippen molar-refractivity contribution in [3.05, 3.63) is 45.9 Å². The van der Waals surface area contributed by atoms with Gasteiger partial charge in [-0.2, -0.15) is 9.98 Å². The van der Waals surface area contributed by atoms with Gasteiger partial charge in [-0.15, -0.1) is 11.3 Å². The van der Waals surface area contributed by atoms with Crippen LogP contribution in [0.3, 0.4) is 0 Å². The minimum atomic E-state index is -3.87. The number of hydrogen-bond acceptors (Lipinski definition) is 8. The molecule has 1 N–H and O–H groups in total. The van der Waals surface area contributed by atoms with Gasteiger partial charge in [0.1, 0.15) is 11.6 Å². The van der Waals surface area contributed by atoms with Gasteiger partial charge in [-0.05, 0) is 26.0 Å². The van der Waals surface area contributed by atoms with Gasteiger partial charge in [-0.1, -0.05) is 17.7 Å². The third-order valence-corrected chi connectivity index (χ3v) is 5.89. The molecule has 1 aromatic carbocycles. The van der Waals surface area contributed by atoms with Crippen LogP contribution in [0.1, 0.15) is 22.2 Å². The quantitative estimate of drug-likeness (QED) is 0.656. The summed E-state index contributed by atoms with van der Waals surface area (Å²) in [4.78, 5) is 27.9. The van der Waals surface area contributed by atoms with Crippen molar-refractivity contribution in [2.75, 3.05) is 13.2 Å². The molecule has 0 saturated carbocycles. The zero-order valence-corrected chi connectivity index (χ0v) is 16.3. The largest absolute Gasteiger partial charge is 0.457 e. The average Bonchev–Trinajstić information content (AvgIpc) is 3.05. The third-order valence-electron chi connectivity index (χ3n) is 3.45. The zero-order chi connectivity index (χ0) is 20.0. The number of carbonyl (C=O) groups is 2. The number of esters is 1. The predicted octanol–water partition coefficient (Wildman–Crippen LogP) is 1.46. The van der Waals surface area contributed by atoms with E-state index in [1.54, 1.807) is 24.4 Å². The number of nitrogens with zero attached hydrogens (tertiary/aromatic N) is 2. The highest BCUT2D eigenvalue weighted by Crippen LogP contribution is 2.20. The molecule has 0 bridgehead atoms. The standard InChI is InChI=1S/C17H17N3O5S2/c1-11-3-5-13(6-4-11)27(23,24)19-8-16(22)25-9-15(21)14(7-18)17-20-12(2)10-26-17/h3-6,10,14,19H,8-9H2,1-2H3/t14-/m0/s1. The molecule has 1 heterocycles. The van der Waals surface area contributed by atoms with E-state index in [1.807, 2.05) is 13.0 Å². The Hall–Kier alpha value is -2.61. The van der Waals surface area contributed by atoms with Crippen LogP contribution in [0.25, 0.3) is 0 Å². The van der Waals surface area contributed by atoms with Crippen molar-refractivity contribution < 1.29 is 22.7 Å². The van der Waals surface area contributed by atoms with Gasteiger partial charge in [0.05, 0.1) is 11.0 Å². The lowest BCUT2D eigenvalue weighted by Gasteiger charge is -2.08. The molecule has 142 valence electrons. The minimum Gasteiger partial charge on any atom is -0.457 e. The summed E-state index contributed by atoms with van der Waals surface area (Å²) in [7, 11) is -3.87. The Morgan fingerprint density at radius 2 is 1.96 bits per heavy atom. The fraction of sp³-hybridized carbons (Fsp3) is 0.294. The molecule has 0 amide bonds. The van der Waals surface area contributed by atoms with E-state index in [4.69, 9.17) is 10.00 Å². The number of thiazole rings is 1. The Labute approximate surface area is 160 Å². The Morgan fingerprint density at radius 3 is 2.52 bits per heavy atom. The van der Waals surface area contributed by atoms with Crippen molar-refractivity contribution in [1.82, 2.24) is 9.71 Å². The Kier molecular flexibility index (Phi) is 6.79. The summed E-state index contributed by atoms with van der Waals surface area (Å²) in [5.74, 6) is -2.67. The number of ketones is 1. The van der Waals surface area contributed by atoms with Crippen LogP contribution in [0.4, 0.5) is 0 Å². The van der Waals surface area contributed by atoms with Crippen LogP contribution in [-0.2, 0) is 24.3 Å². The van der Waals surface area contributed by atoms with Crippen LogP contribution in [0.2, 0.25) is 0 Å². The molecule has 2 aromatic rings. The Bertz CT molecular complexity index is 975. The zero-order valence-electron chi connectivity index (χ0n) is 14.6. The van der Waals surface area contributed by atoms with Gasteiger partial charge in [0.25, 0.3) is 0 Å². The number of aryl methyl sites for hydroxylation is 2. The van der Waals surface area contributed by atoms with Crippen molar-refractivity contribution >= 4 is 33.1 Å². The Morgan fingerprint density at radius 1 is 1.30 bits per heavy atom. The minimum absolute atomic E-state index is 0.0145. The predicted molar refractivity (Wildman–Crippen MR) is 97.5 cm³/mol. The first-order chi connectivity index (χ1) is 12.7. The van der Waals surface area contributed by atoms with Gasteiger partial charge in [0, 0.05) is 11.1 Å². The van der Waals surface area contributed by atoms with E-state index in [1.165, 1.54) is 23.5 Å². The molecule has 10 heteroatoms. The number of nitriles is 1. The summed E-state index contributed by atoms with van der Waals surface area (Å²) >= 11 is 1.17. The average molecular weight is 407 g/mol. The molecule has 0 aliphatic carbocycles. The van der Waals surface area contributed by atoms with Gasteiger partial charge in [-0.25, -0.2) is 13.4 Å². The van der Waals surface area contributed by atoms with Crippen molar-refractivity contribution in [2.45, 2.75) is 24.7 Å². The molecule has 0 aliphatic rings. The fourth-order valence-corrected chi connectivity index (χ4v) is 3.84. The monoisotopic (exact) mass is 407 g/mol. The van der Waals surface area contributed by atoms with Crippen molar-refractivity contribution in [1.29, 1.82) is 5.26 Å². The first-order valence-corrected chi connectivity index (χ1v) is 10.2. The molecule has 1 aromatic heterocycles. The number of ether oxygens (including phenoxy) is 1. The van der Waals surface area contributed by atoms with Crippen LogP contribution in [-0.4, -0.2) is 38.3 Å². The molecule has 2 rings (SSSR count). The molecular formula is C17H17N3O5S2. The molecule has 0 unspecified atom stereocenters. The molecule has 0 radical (unpaired) electrons. The van der Waals surface area contributed by atoms with Crippen LogP contribution < -0.4 is 4.72 Å². The van der Waals surface area contributed by atoms with Crippen molar-refractivity contribution in [2.24, 2.45) is 0 Å². The van der Waals surface area contributed by atoms with Gasteiger partial charge < -0.3 is 4.74 Å². The first-order valence-electron chi connectivity index (χ1n) is 7.79. The first kappa shape index (κ1) is 20.7. The second-order valence-electron chi connectivity index (χ2n) is 5.65. The maximum atomic E-state index is 12.1. The number of nitrogens with one attached hydrogen (secondary N) is 1. The highest BCUT2D eigenvalue weighted by atomic mass is 32.2. The molecule has 8 nitrogen and oxygen atoms in total. The normalized spacial score (nSPS) is 12.2. The number of rotatable bonds is 8. The van der Waals surface area contributed by atoms with E-state index in [0.29, 0.717) is 10.7 Å². The van der Waals surface area contributed by atoms with E-state index >= 15 is 0 Å². The van der Waals surface area contributed by atoms with Gasteiger partial charge in [0.2, 0.25) is 10.0 Å². The topological polar surface area (TPSA) is 126 Å². The lowest BCUT2D eigenvalue weighted by Crippen LogP contribution is -2.32. The van der Waals surface area contributed by atoms with Crippen LogP contribution in [0, 0.1) is 25.2 Å². The van der Waals surface area contributed by atoms with E-state index in [-0.39, 0.29) is 4.90 Å². The van der Waals surface area contributed by atoms with Gasteiger partial charge >= 0.3 is 5.97 Å². The highest BCUT2D eigenvalue weighted by molar-refractivity contribution is 7.89. The number of Topliss-reactive ketones (excluding diaryl/α,β-unsaturated/α-hetero) is 1. The summed E-state index contributed by atoms with van der Waals surface area (Å²) in [5.41, 5.74) is 1.58. The van der Waals surface area contributed by atoms with Crippen LogP contribution in [0.15, 0.2) is 34.5 Å². The smallest absolute Gasteiger partial charge is 0.321 e. The van der Waals surface area contributed by atoms with E-state index < -0.39 is 40.8 Å². The summed E-state index contributed by atoms with van der Waals surface area (Å²) in [5, 5.41) is 11.2. The summed E-state index contributed by atoms with van der Waals surface area (Å²) in [6.07, 6.45) is 0. The van der Waals surface area contributed by atoms with Crippen LogP contribution >= 0.6 is 11.3 Å². The fourth-order valence-electron chi connectivity index (χ4n) is 2.01. The number of benzene rings is 1. The number of hydrogen-bond donors (Lipinski definition) is 1. The summed E-state index contributed by atoms with van der Waals surface area (Å²) < 4.78 is 31.1. The second-order valence-corrected chi connectivity index (χ2v) is 8.31. The van der Waals surface area contributed by atoms with E-state index in [0.717, 1.165) is 5.56 Å². The second kappa shape index (κ2) is 8.85. The van der Waals surface area contributed by atoms with Crippen LogP contribution in [0.5, 0.6) is 0 Å². The van der Waals surface area contributed by atoms with E-state index in [2.05, 4.69) is 9.71 Å². The maximum Gasteiger partial charge on any atom is 0.321 e. The molecule has 0 spiro atoms. The Balaban J connectivity index is 1.87. The summed E-state index contributed by atoms with van der Waals surface area (Å²) in [6, 6.07) is 7.93. The number of sulfonamides is 1. The molecule has 1 atom stereocenters. The van der Waals surface area contributed by atoms with Gasteiger partial charge in [-0.3, -0.25) is 9.59 Å². The highest BCUT2D eigenvalue weighted by Gasteiger charge is 2.25. The third kappa shape index (κ3) is 5.68. The lowest BCUT2D eigenvalue weighted by atomic mass is 10.1. The SMILES string of the molecule is Cc1ccc(S(=O)(=O)NCC(=O)OCC(=O)[C@H](C#N)c2nc(C)cs2)cc1. The maximum absolute atomic E-state index is 12.1.